The highest BCUT2D eigenvalue weighted by Crippen LogP contribution is 2.72. The number of aliphatic hydroxyl groups excluding tert-OH is 1. The first-order valence-electron chi connectivity index (χ1n) is 13.7. The van der Waals surface area contributed by atoms with E-state index in [0.717, 1.165) is 25.7 Å². The molecule has 8 atom stereocenters. The fourth-order valence-corrected chi connectivity index (χ4v) is 9.46. The largest absolute Gasteiger partial charge is 0.390 e. The molecule has 0 radical (unpaired) electrons. The van der Waals surface area contributed by atoms with E-state index in [4.69, 9.17) is 0 Å². The maximum Gasteiger partial charge on any atom is 0.138 e. The Labute approximate surface area is 202 Å². The predicted octanol–water partition coefficient (Wildman–Crippen LogP) is 6.71. The summed E-state index contributed by atoms with van der Waals surface area (Å²) < 4.78 is 0. The molecule has 33 heavy (non-hydrogen) atoms. The normalized spacial score (nSPS) is 44.4. The summed E-state index contributed by atoms with van der Waals surface area (Å²) in [4.78, 5) is 12.8. The predicted molar refractivity (Wildman–Crippen MR) is 135 cm³/mol. The highest BCUT2D eigenvalue weighted by Gasteiger charge is 2.65. The average Bonchev–Trinajstić information content (AvgIpc) is 3.00. The molecule has 0 aromatic heterocycles. The second-order valence-electron chi connectivity index (χ2n) is 14.3. The van der Waals surface area contributed by atoms with Gasteiger partial charge >= 0.3 is 0 Å². The van der Waals surface area contributed by atoms with Crippen LogP contribution in [0.2, 0.25) is 0 Å². The van der Waals surface area contributed by atoms with Gasteiger partial charge in [0.25, 0.3) is 0 Å². The third kappa shape index (κ3) is 3.62. The zero-order valence-corrected chi connectivity index (χ0v) is 22.6. The minimum absolute atomic E-state index is 0.172. The van der Waals surface area contributed by atoms with Crippen LogP contribution in [0.15, 0.2) is 11.6 Å². The van der Waals surface area contributed by atoms with Gasteiger partial charge in [0.15, 0.2) is 0 Å². The van der Waals surface area contributed by atoms with E-state index in [9.17, 15) is 15.0 Å². The Hall–Kier alpha value is -0.670. The molecule has 0 saturated heterocycles. The molecule has 188 valence electrons. The number of hydrogen-bond donors (Lipinski definition) is 2. The van der Waals surface area contributed by atoms with Gasteiger partial charge in [0.2, 0.25) is 0 Å². The molecule has 4 aliphatic carbocycles. The van der Waals surface area contributed by atoms with Gasteiger partial charge in [-0.15, -0.1) is 0 Å². The van der Waals surface area contributed by atoms with Crippen LogP contribution in [0.3, 0.4) is 0 Å². The summed E-state index contributed by atoms with van der Waals surface area (Å²) in [6.45, 7) is 17.9. The number of Topliss-reactive ketones (excluding diaryl/α,β-unsaturated/α-hetero) is 1. The highest BCUT2D eigenvalue weighted by molar-refractivity contribution is 5.85. The highest BCUT2D eigenvalue weighted by atomic mass is 16.3. The first-order valence-corrected chi connectivity index (χ1v) is 13.7. The summed E-state index contributed by atoms with van der Waals surface area (Å²) in [5.41, 5.74) is 1.23. The molecule has 3 saturated carbocycles. The molecule has 0 aliphatic heterocycles. The number of ketones is 1. The fourth-order valence-electron chi connectivity index (χ4n) is 9.46. The first-order chi connectivity index (χ1) is 15.1. The molecule has 0 amide bonds. The Morgan fingerprint density at radius 1 is 1.03 bits per heavy atom. The third-order valence-corrected chi connectivity index (χ3v) is 12.0. The number of carbonyl (C=O) groups excluding carboxylic acids is 1. The van der Waals surface area contributed by atoms with Crippen LogP contribution < -0.4 is 0 Å². The molecule has 0 heterocycles. The van der Waals surface area contributed by atoms with Crippen molar-refractivity contribution in [3.63, 3.8) is 0 Å². The first kappa shape index (κ1) is 25.4. The SMILES string of the molecule is C[C@H](CC[C@H](O)C(C)(C)O)[C@H]1CC[C@@]2(C)[C@@H]3CCC4C(C)(C)C(=O)CC[C@]4(C)C3=CC[C@]12C. The second kappa shape index (κ2) is 7.92. The molecule has 3 heteroatoms. The monoisotopic (exact) mass is 458 g/mol. The van der Waals surface area contributed by atoms with Crippen LogP contribution in [-0.4, -0.2) is 27.7 Å². The lowest BCUT2D eigenvalue weighted by atomic mass is 9.41. The van der Waals surface area contributed by atoms with Gasteiger partial charge in [-0.25, -0.2) is 0 Å². The summed E-state index contributed by atoms with van der Waals surface area (Å²) in [6, 6.07) is 0. The topological polar surface area (TPSA) is 57.5 Å². The van der Waals surface area contributed by atoms with Crippen molar-refractivity contribution in [2.24, 2.45) is 45.3 Å². The van der Waals surface area contributed by atoms with Crippen molar-refractivity contribution in [2.75, 3.05) is 0 Å². The van der Waals surface area contributed by atoms with E-state index in [2.05, 4.69) is 47.6 Å². The molecule has 3 fully saturated rings. The Morgan fingerprint density at radius 3 is 2.33 bits per heavy atom. The van der Waals surface area contributed by atoms with Crippen LogP contribution in [0, 0.1) is 45.3 Å². The van der Waals surface area contributed by atoms with E-state index in [1.54, 1.807) is 19.4 Å². The Bertz CT molecular complexity index is 819. The number of carbonyl (C=O) groups is 1. The minimum atomic E-state index is -1.03. The lowest BCUT2D eigenvalue weighted by molar-refractivity contribution is -0.142. The Kier molecular flexibility index (Phi) is 6.10. The van der Waals surface area contributed by atoms with Crippen molar-refractivity contribution >= 4 is 5.78 Å². The quantitative estimate of drug-likeness (QED) is 0.450. The van der Waals surface area contributed by atoms with Gasteiger partial charge < -0.3 is 10.2 Å². The summed E-state index contributed by atoms with van der Waals surface area (Å²) >= 11 is 0. The summed E-state index contributed by atoms with van der Waals surface area (Å²) in [7, 11) is 0. The Morgan fingerprint density at radius 2 is 1.70 bits per heavy atom. The number of allylic oxidation sites excluding steroid dienone is 2. The second-order valence-corrected chi connectivity index (χ2v) is 14.3. The van der Waals surface area contributed by atoms with Crippen molar-refractivity contribution in [1.29, 1.82) is 0 Å². The van der Waals surface area contributed by atoms with Crippen LogP contribution in [0.25, 0.3) is 0 Å². The molecule has 4 aliphatic rings. The lowest BCUT2D eigenvalue weighted by Crippen LogP contribution is -2.56. The molecule has 1 unspecified atom stereocenters. The molecule has 0 bridgehead atoms. The van der Waals surface area contributed by atoms with E-state index < -0.39 is 11.7 Å². The number of aliphatic hydroxyl groups is 2. The van der Waals surface area contributed by atoms with Gasteiger partial charge in [-0.2, -0.15) is 0 Å². The van der Waals surface area contributed by atoms with E-state index in [0.29, 0.717) is 41.3 Å². The zero-order valence-electron chi connectivity index (χ0n) is 22.6. The standard InChI is InChI=1S/C30H50O3/c1-19(9-12-25(32)27(4,5)33)20-13-17-30(8)22-10-11-23-26(2,3)24(31)15-16-28(23,6)21(22)14-18-29(20,30)7/h14,19-20,22-23,25,32-33H,9-13,15-18H2,1-8H3/t19-,20-,22-,23?,25+,28-,29-,30+/m1/s1. The fraction of sp³-hybridized carbons (Fsp3) is 0.900. The van der Waals surface area contributed by atoms with Gasteiger partial charge in [-0.1, -0.05) is 53.2 Å². The van der Waals surface area contributed by atoms with Gasteiger partial charge in [0.05, 0.1) is 11.7 Å². The molecular formula is C30H50O3. The van der Waals surface area contributed by atoms with E-state index in [-0.39, 0.29) is 16.2 Å². The maximum atomic E-state index is 12.8. The van der Waals surface area contributed by atoms with Crippen LogP contribution in [-0.2, 0) is 4.79 Å². The molecule has 0 aromatic carbocycles. The summed E-state index contributed by atoms with van der Waals surface area (Å²) in [6.07, 6.45) is 11.5. The molecular weight excluding hydrogens is 408 g/mol. The van der Waals surface area contributed by atoms with Gasteiger partial charge in [0.1, 0.15) is 5.78 Å². The summed E-state index contributed by atoms with van der Waals surface area (Å²) in [5.74, 6) is 2.78. The van der Waals surface area contributed by atoms with Crippen LogP contribution in [0.4, 0.5) is 0 Å². The number of hydrogen-bond acceptors (Lipinski definition) is 3. The average molecular weight is 459 g/mol. The van der Waals surface area contributed by atoms with E-state index in [1.807, 2.05) is 0 Å². The smallest absolute Gasteiger partial charge is 0.138 e. The van der Waals surface area contributed by atoms with Crippen LogP contribution in [0.5, 0.6) is 0 Å². The van der Waals surface area contributed by atoms with Crippen molar-refractivity contribution in [3.05, 3.63) is 11.6 Å². The van der Waals surface area contributed by atoms with Crippen molar-refractivity contribution in [3.8, 4) is 0 Å². The molecule has 4 rings (SSSR count). The van der Waals surface area contributed by atoms with Crippen LogP contribution >= 0.6 is 0 Å². The van der Waals surface area contributed by atoms with Crippen molar-refractivity contribution in [1.82, 2.24) is 0 Å². The van der Waals surface area contributed by atoms with E-state index in [1.165, 1.54) is 25.7 Å². The zero-order chi connectivity index (χ0) is 24.6. The number of fused-ring (bicyclic) bond motifs is 5. The minimum Gasteiger partial charge on any atom is -0.390 e. The van der Waals surface area contributed by atoms with Crippen molar-refractivity contribution in [2.45, 2.75) is 125 Å². The van der Waals surface area contributed by atoms with Gasteiger partial charge in [0, 0.05) is 11.8 Å². The van der Waals surface area contributed by atoms with Crippen LogP contribution in [0.1, 0.15) is 113 Å². The number of rotatable bonds is 5. The molecule has 3 nitrogen and oxygen atoms in total. The van der Waals surface area contributed by atoms with E-state index >= 15 is 0 Å². The molecule has 0 spiro atoms. The van der Waals surface area contributed by atoms with Crippen molar-refractivity contribution < 1.29 is 15.0 Å². The summed E-state index contributed by atoms with van der Waals surface area (Å²) in [5, 5.41) is 20.6. The van der Waals surface area contributed by atoms with Gasteiger partial charge in [-0.3, -0.25) is 4.79 Å². The Balaban J connectivity index is 1.59. The van der Waals surface area contributed by atoms with Gasteiger partial charge in [-0.05, 0) is 105 Å². The molecule has 0 aromatic rings. The molecule has 2 N–H and O–H groups in total. The third-order valence-electron chi connectivity index (χ3n) is 12.0. The lowest BCUT2D eigenvalue weighted by Gasteiger charge is -2.63. The maximum absolute atomic E-state index is 12.8.